The molecule has 3 rings (SSSR count). The van der Waals surface area contributed by atoms with E-state index in [1.165, 1.54) is 0 Å². The summed E-state index contributed by atoms with van der Waals surface area (Å²) in [5.74, 6) is -0.167. The SMILES string of the molecule is CNc1ncccc1C(=O)N1CCC2(CC1)C[C@H](C(=O)O)N(C)C2. The molecular weight excluding hydrogens is 308 g/mol. The van der Waals surface area contributed by atoms with E-state index in [1.54, 1.807) is 25.4 Å². The van der Waals surface area contributed by atoms with E-state index in [0.29, 0.717) is 30.9 Å². The fraction of sp³-hybridized carbons (Fsp3) is 0.588. The van der Waals surface area contributed by atoms with Gasteiger partial charge in [0.15, 0.2) is 0 Å². The van der Waals surface area contributed by atoms with Crippen molar-refractivity contribution in [1.82, 2.24) is 14.8 Å². The highest BCUT2D eigenvalue weighted by molar-refractivity contribution is 5.98. The molecule has 2 N–H and O–H groups in total. The van der Waals surface area contributed by atoms with Gasteiger partial charge in [-0.15, -0.1) is 0 Å². The van der Waals surface area contributed by atoms with Gasteiger partial charge in [0.05, 0.1) is 5.56 Å². The van der Waals surface area contributed by atoms with Crippen molar-refractivity contribution in [3.63, 3.8) is 0 Å². The van der Waals surface area contributed by atoms with E-state index in [-0.39, 0.29) is 11.3 Å². The Kier molecular flexibility index (Phi) is 4.45. The maximum absolute atomic E-state index is 12.8. The summed E-state index contributed by atoms with van der Waals surface area (Å²) < 4.78 is 0. The lowest BCUT2D eigenvalue weighted by atomic mass is 9.76. The Morgan fingerprint density at radius 3 is 2.67 bits per heavy atom. The Bertz CT molecular complexity index is 640. The van der Waals surface area contributed by atoms with Crippen LogP contribution in [0, 0.1) is 5.41 Å². The number of pyridine rings is 1. The van der Waals surface area contributed by atoms with Gasteiger partial charge in [0, 0.05) is 32.9 Å². The average Bonchev–Trinajstić information content (AvgIpc) is 2.91. The van der Waals surface area contributed by atoms with Gasteiger partial charge < -0.3 is 15.3 Å². The topological polar surface area (TPSA) is 85.8 Å². The maximum atomic E-state index is 12.8. The number of aromatic nitrogens is 1. The number of rotatable bonds is 3. The van der Waals surface area contributed by atoms with Crippen LogP contribution in [-0.4, -0.2) is 71.5 Å². The number of carbonyl (C=O) groups is 2. The predicted molar refractivity (Wildman–Crippen MR) is 90.0 cm³/mol. The van der Waals surface area contributed by atoms with E-state index < -0.39 is 12.0 Å². The highest BCUT2D eigenvalue weighted by Crippen LogP contribution is 2.43. The van der Waals surface area contributed by atoms with Crippen LogP contribution in [0.5, 0.6) is 0 Å². The molecule has 130 valence electrons. The summed E-state index contributed by atoms with van der Waals surface area (Å²) in [6.45, 7) is 2.12. The number of carboxylic acids is 1. The Morgan fingerprint density at radius 1 is 1.38 bits per heavy atom. The normalized spacial score (nSPS) is 23.4. The molecule has 0 bridgehead atoms. The number of aliphatic carboxylic acids is 1. The van der Waals surface area contributed by atoms with Crippen molar-refractivity contribution < 1.29 is 14.7 Å². The highest BCUT2D eigenvalue weighted by atomic mass is 16.4. The second kappa shape index (κ2) is 6.39. The van der Waals surface area contributed by atoms with Gasteiger partial charge in [-0.1, -0.05) is 0 Å². The monoisotopic (exact) mass is 332 g/mol. The van der Waals surface area contributed by atoms with Crippen LogP contribution >= 0.6 is 0 Å². The quantitative estimate of drug-likeness (QED) is 0.863. The van der Waals surface area contributed by atoms with Gasteiger partial charge in [0.1, 0.15) is 11.9 Å². The zero-order chi connectivity index (χ0) is 17.3. The summed E-state index contributed by atoms with van der Waals surface area (Å²) in [5, 5.41) is 12.3. The number of hydrogen-bond acceptors (Lipinski definition) is 5. The predicted octanol–water partition coefficient (Wildman–Crippen LogP) is 1.13. The molecule has 0 aromatic carbocycles. The minimum absolute atomic E-state index is 0.0107. The fourth-order valence-corrected chi connectivity index (χ4v) is 4.04. The third-order valence-corrected chi connectivity index (χ3v) is 5.41. The van der Waals surface area contributed by atoms with Crippen molar-refractivity contribution in [3.8, 4) is 0 Å². The minimum Gasteiger partial charge on any atom is -0.480 e. The maximum Gasteiger partial charge on any atom is 0.320 e. The molecule has 1 amide bonds. The molecule has 2 fully saturated rings. The molecule has 1 aromatic heterocycles. The van der Waals surface area contributed by atoms with Crippen LogP contribution in [0.2, 0.25) is 0 Å². The fourth-order valence-electron chi connectivity index (χ4n) is 4.04. The van der Waals surface area contributed by atoms with Crippen LogP contribution in [0.1, 0.15) is 29.6 Å². The minimum atomic E-state index is -0.748. The second-order valence-corrected chi connectivity index (χ2v) is 6.92. The number of piperidine rings is 1. The van der Waals surface area contributed by atoms with Gasteiger partial charge in [-0.3, -0.25) is 14.5 Å². The molecular formula is C17H24N4O3. The van der Waals surface area contributed by atoms with E-state index in [1.807, 2.05) is 16.8 Å². The van der Waals surface area contributed by atoms with Crippen molar-refractivity contribution in [3.05, 3.63) is 23.9 Å². The molecule has 24 heavy (non-hydrogen) atoms. The highest BCUT2D eigenvalue weighted by Gasteiger charge is 2.47. The van der Waals surface area contributed by atoms with Crippen molar-refractivity contribution in [2.24, 2.45) is 5.41 Å². The van der Waals surface area contributed by atoms with Crippen molar-refractivity contribution >= 4 is 17.7 Å². The third-order valence-electron chi connectivity index (χ3n) is 5.41. The van der Waals surface area contributed by atoms with Gasteiger partial charge in [-0.2, -0.15) is 0 Å². The molecule has 0 saturated carbocycles. The smallest absolute Gasteiger partial charge is 0.320 e. The van der Waals surface area contributed by atoms with E-state index in [0.717, 1.165) is 19.4 Å². The number of carbonyl (C=O) groups excluding carboxylic acids is 1. The van der Waals surface area contributed by atoms with Crippen LogP contribution < -0.4 is 5.32 Å². The standard InChI is InChI=1S/C17H24N4O3/c1-18-14-12(4-3-7-19-14)15(22)21-8-5-17(6-9-21)10-13(16(23)24)20(2)11-17/h3-4,7,13H,5-6,8-11H2,1-2H3,(H,18,19)(H,23,24)/t13-/m1/s1. The lowest BCUT2D eigenvalue weighted by Gasteiger charge is -2.39. The molecule has 1 aromatic rings. The number of likely N-dealkylation sites (N-methyl/N-ethyl adjacent to an activating group) is 1. The molecule has 1 atom stereocenters. The summed E-state index contributed by atoms with van der Waals surface area (Å²) >= 11 is 0. The molecule has 2 saturated heterocycles. The summed E-state index contributed by atoms with van der Waals surface area (Å²) in [5.41, 5.74) is 0.609. The number of amides is 1. The van der Waals surface area contributed by atoms with Crippen LogP contribution in [0.4, 0.5) is 5.82 Å². The lowest BCUT2D eigenvalue weighted by molar-refractivity contribution is -0.141. The first-order valence-electron chi connectivity index (χ1n) is 8.31. The zero-order valence-electron chi connectivity index (χ0n) is 14.2. The molecule has 0 aliphatic carbocycles. The summed E-state index contributed by atoms with van der Waals surface area (Å²) in [6, 6.07) is 3.15. The molecule has 2 aliphatic rings. The van der Waals surface area contributed by atoms with Gasteiger partial charge >= 0.3 is 5.97 Å². The first-order valence-corrected chi connectivity index (χ1v) is 8.31. The number of nitrogens with zero attached hydrogens (tertiary/aromatic N) is 3. The Hall–Kier alpha value is -2.15. The zero-order valence-corrected chi connectivity index (χ0v) is 14.2. The molecule has 7 heteroatoms. The molecule has 1 spiro atoms. The molecule has 7 nitrogen and oxygen atoms in total. The summed E-state index contributed by atoms with van der Waals surface area (Å²) in [4.78, 5) is 32.1. The van der Waals surface area contributed by atoms with Crippen LogP contribution in [0.25, 0.3) is 0 Å². The molecule has 2 aliphatic heterocycles. The first-order chi connectivity index (χ1) is 11.5. The second-order valence-electron chi connectivity index (χ2n) is 6.92. The van der Waals surface area contributed by atoms with Gasteiger partial charge in [-0.05, 0) is 43.9 Å². The van der Waals surface area contributed by atoms with Gasteiger partial charge in [0.2, 0.25) is 0 Å². The van der Waals surface area contributed by atoms with E-state index >= 15 is 0 Å². The largest absolute Gasteiger partial charge is 0.480 e. The molecule has 0 radical (unpaired) electrons. The van der Waals surface area contributed by atoms with Gasteiger partial charge in [0.25, 0.3) is 5.91 Å². The molecule has 0 unspecified atom stereocenters. The first kappa shape index (κ1) is 16.7. The van der Waals surface area contributed by atoms with Crippen molar-refractivity contribution in [1.29, 1.82) is 0 Å². The van der Waals surface area contributed by atoms with Crippen molar-refractivity contribution in [2.45, 2.75) is 25.3 Å². The van der Waals surface area contributed by atoms with E-state index in [2.05, 4.69) is 10.3 Å². The van der Waals surface area contributed by atoms with Crippen LogP contribution in [0.3, 0.4) is 0 Å². The summed E-state index contributed by atoms with van der Waals surface area (Å²) in [6.07, 6.45) is 4.04. The number of carboxylic acid groups (broad SMARTS) is 1. The average molecular weight is 332 g/mol. The number of likely N-dealkylation sites (tertiary alicyclic amines) is 2. The van der Waals surface area contributed by atoms with Crippen LogP contribution in [-0.2, 0) is 4.79 Å². The Morgan fingerprint density at radius 2 is 2.08 bits per heavy atom. The number of nitrogens with one attached hydrogen (secondary N) is 1. The van der Waals surface area contributed by atoms with E-state index in [9.17, 15) is 14.7 Å². The lowest BCUT2D eigenvalue weighted by Crippen LogP contribution is -2.44. The van der Waals surface area contributed by atoms with E-state index in [4.69, 9.17) is 0 Å². The third kappa shape index (κ3) is 2.96. The van der Waals surface area contributed by atoms with Crippen LogP contribution in [0.15, 0.2) is 18.3 Å². The molecule has 3 heterocycles. The summed E-state index contributed by atoms with van der Waals surface area (Å²) in [7, 11) is 3.63. The number of hydrogen-bond donors (Lipinski definition) is 2. The van der Waals surface area contributed by atoms with Crippen molar-refractivity contribution in [2.75, 3.05) is 39.0 Å². The Labute approximate surface area is 141 Å². The Balaban J connectivity index is 1.67. The number of anilines is 1. The van der Waals surface area contributed by atoms with Gasteiger partial charge in [-0.25, -0.2) is 4.98 Å².